The maximum Gasteiger partial charge on any atom is 0.149 e. The third-order valence-corrected chi connectivity index (χ3v) is 1.72. The summed E-state index contributed by atoms with van der Waals surface area (Å²) in [5.41, 5.74) is 0.437. The lowest BCUT2D eigenvalue weighted by Gasteiger charge is -2.16. The highest BCUT2D eigenvalue weighted by Gasteiger charge is 2.19. The molecule has 0 aliphatic rings. The number of hydrogen-bond donors (Lipinski definition) is 1. The van der Waals surface area contributed by atoms with Crippen LogP contribution in [0, 0.1) is 19.3 Å². The molecule has 1 unspecified atom stereocenters. The number of aliphatic hydroxyl groups is 1. The van der Waals surface area contributed by atoms with Crippen molar-refractivity contribution in [2.75, 3.05) is 0 Å². The molecule has 1 aromatic heterocycles. The summed E-state index contributed by atoms with van der Waals surface area (Å²) in [5, 5.41) is 9.64. The molecule has 1 aromatic rings. The molecule has 0 fully saturated rings. The molecule has 62 valence electrons. The first-order valence-electron chi connectivity index (χ1n) is 3.68. The van der Waals surface area contributed by atoms with Gasteiger partial charge < -0.3 is 5.11 Å². The van der Waals surface area contributed by atoms with E-state index in [0.29, 0.717) is 5.56 Å². The third kappa shape index (κ3) is 1.63. The van der Waals surface area contributed by atoms with E-state index >= 15 is 0 Å². The number of aromatic nitrogens is 1. The second-order valence-corrected chi connectivity index (χ2v) is 2.97. The van der Waals surface area contributed by atoms with Crippen molar-refractivity contribution in [3.63, 3.8) is 0 Å². The van der Waals surface area contributed by atoms with Gasteiger partial charge in [0.2, 0.25) is 0 Å². The van der Waals surface area contributed by atoms with Crippen molar-refractivity contribution in [2.45, 2.75) is 19.4 Å². The van der Waals surface area contributed by atoms with E-state index in [9.17, 15) is 5.11 Å². The molecule has 1 N–H and O–H groups in total. The first kappa shape index (κ1) is 8.76. The standard InChI is InChI=1S/C10H11NO/c1-4-10(3,12)9-5-8(2)6-11-7-9/h1,5-7,12H,2-3H3. The van der Waals surface area contributed by atoms with Crippen LogP contribution >= 0.6 is 0 Å². The van der Waals surface area contributed by atoms with Gasteiger partial charge in [0.05, 0.1) is 0 Å². The molecule has 0 saturated heterocycles. The van der Waals surface area contributed by atoms with Gasteiger partial charge in [-0.05, 0) is 25.5 Å². The van der Waals surface area contributed by atoms with E-state index in [1.54, 1.807) is 19.3 Å². The van der Waals surface area contributed by atoms with Crippen LogP contribution in [-0.2, 0) is 5.60 Å². The zero-order valence-corrected chi connectivity index (χ0v) is 7.20. The lowest BCUT2D eigenvalue weighted by molar-refractivity contribution is 0.122. The largest absolute Gasteiger partial charge is 0.374 e. The Morgan fingerprint density at radius 3 is 2.75 bits per heavy atom. The summed E-state index contributed by atoms with van der Waals surface area (Å²) in [6.07, 6.45) is 8.46. The van der Waals surface area contributed by atoms with Gasteiger partial charge in [0, 0.05) is 18.0 Å². The summed E-state index contributed by atoms with van der Waals surface area (Å²) < 4.78 is 0. The van der Waals surface area contributed by atoms with E-state index < -0.39 is 5.60 Å². The van der Waals surface area contributed by atoms with Gasteiger partial charge >= 0.3 is 0 Å². The fourth-order valence-corrected chi connectivity index (χ4v) is 0.905. The number of rotatable bonds is 1. The van der Waals surface area contributed by atoms with Gasteiger partial charge in [0.25, 0.3) is 0 Å². The Morgan fingerprint density at radius 1 is 1.58 bits per heavy atom. The van der Waals surface area contributed by atoms with Gasteiger partial charge in [0.15, 0.2) is 0 Å². The highest BCUT2D eigenvalue weighted by Crippen LogP contribution is 2.18. The molecule has 12 heavy (non-hydrogen) atoms. The highest BCUT2D eigenvalue weighted by molar-refractivity contribution is 5.29. The van der Waals surface area contributed by atoms with Crippen LogP contribution in [0.1, 0.15) is 18.1 Å². The Hall–Kier alpha value is -1.33. The molecule has 0 spiro atoms. The van der Waals surface area contributed by atoms with E-state index in [1.165, 1.54) is 0 Å². The fourth-order valence-electron chi connectivity index (χ4n) is 0.905. The number of aryl methyl sites for hydroxylation is 1. The summed E-state index contributed by atoms with van der Waals surface area (Å²) in [4.78, 5) is 3.94. The zero-order chi connectivity index (χ0) is 9.19. The summed E-state index contributed by atoms with van der Waals surface area (Å²) in [5.74, 6) is 2.30. The minimum atomic E-state index is -1.21. The summed E-state index contributed by atoms with van der Waals surface area (Å²) in [7, 11) is 0. The number of terminal acetylenes is 1. The third-order valence-electron chi connectivity index (χ3n) is 1.72. The molecule has 2 nitrogen and oxygen atoms in total. The van der Waals surface area contributed by atoms with Crippen LogP contribution < -0.4 is 0 Å². The van der Waals surface area contributed by atoms with Crippen LogP contribution in [0.25, 0.3) is 0 Å². The molecule has 1 atom stereocenters. The lowest BCUT2D eigenvalue weighted by Crippen LogP contribution is -2.18. The first-order valence-corrected chi connectivity index (χ1v) is 3.68. The smallest absolute Gasteiger partial charge is 0.149 e. The van der Waals surface area contributed by atoms with Gasteiger partial charge in [0.1, 0.15) is 5.60 Å². The predicted octanol–water partition coefficient (Wildman–Crippen LogP) is 1.23. The zero-order valence-electron chi connectivity index (χ0n) is 7.20. The van der Waals surface area contributed by atoms with Crippen LogP contribution in [0.15, 0.2) is 18.5 Å². The van der Waals surface area contributed by atoms with Crippen LogP contribution in [0.2, 0.25) is 0 Å². The Balaban J connectivity index is 3.14. The molecule has 0 aliphatic heterocycles. The average molecular weight is 161 g/mol. The number of pyridine rings is 1. The van der Waals surface area contributed by atoms with Crippen LogP contribution in [0.4, 0.5) is 0 Å². The Labute approximate surface area is 72.3 Å². The Kier molecular flexibility index (Phi) is 2.16. The minimum Gasteiger partial charge on any atom is -0.374 e. The molecule has 0 radical (unpaired) electrons. The number of nitrogens with zero attached hydrogens (tertiary/aromatic N) is 1. The summed E-state index contributed by atoms with van der Waals surface area (Å²) >= 11 is 0. The predicted molar refractivity (Wildman–Crippen MR) is 47.4 cm³/mol. The molecular formula is C10H11NO. The molecule has 0 saturated carbocycles. The maximum atomic E-state index is 9.64. The van der Waals surface area contributed by atoms with Gasteiger partial charge in [-0.2, -0.15) is 0 Å². The molecule has 0 bridgehead atoms. The molecular weight excluding hydrogens is 150 g/mol. The molecule has 1 heterocycles. The van der Waals surface area contributed by atoms with Crippen LogP contribution in [-0.4, -0.2) is 10.1 Å². The Bertz CT molecular complexity index is 323. The average Bonchev–Trinajstić information content (AvgIpc) is 2.05. The lowest BCUT2D eigenvalue weighted by atomic mass is 9.98. The van der Waals surface area contributed by atoms with Crippen molar-refractivity contribution >= 4 is 0 Å². The number of hydrogen-bond acceptors (Lipinski definition) is 2. The fraction of sp³-hybridized carbons (Fsp3) is 0.300. The van der Waals surface area contributed by atoms with E-state index in [2.05, 4.69) is 10.9 Å². The van der Waals surface area contributed by atoms with Gasteiger partial charge in [-0.1, -0.05) is 5.92 Å². The quantitative estimate of drug-likeness (QED) is 0.628. The normalized spacial score (nSPS) is 14.8. The van der Waals surface area contributed by atoms with Gasteiger partial charge in [-0.3, -0.25) is 4.98 Å². The topological polar surface area (TPSA) is 33.1 Å². The second kappa shape index (κ2) is 2.96. The van der Waals surface area contributed by atoms with E-state index in [0.717, 1.165) is 5.56 Å². The van der Waals surface area contributed by atoms with Crippen molar-refractivity contribution in [1.29, 1.82) is 0 Å². The second-order valence-electron chi connectivity index (χ2n) is 2.97. The molecule has 0 aromatic carbocycles. The highest BCUT2D eigenvalue weighted by atomic mass is 16.3. The first-order chi connectivity index (χ1) is 5.56. The van der Waals surface area contributed by atoms with Crippen molar-refractivity contribution in [2.24, 2.45) is 0 Å². The molecule has 2 heteroatoms. The van der Waals surface area contributed by atoms with Crippen molar-refractivity contribution in [3.05, 3.63) is 29.6 Å². The van der Waals surface area contributed by atoms with Crippen LogP contribution in [0.3, 0.4) is 0 Å². The summed E-state index contributed by atoms with van der Waals surface area (Å²) in [6, 6.07) is 1.83. The van der Waals surface area contributed by atoms with Gasteiger partial charge in [-0.15, -0.1) is 6.42 Å². The maximum absolute atomic E-state index is 9.64. The molecule has 0 amide bonds. The van der Waals surface area contributed by atoms with Crippen LogP contribution in [0.5, 0.6) is 0 Å². The van der Waals surface area contributed by atoms with E-state index in [-0.39, 0.29) is 0 Å². The van der Waals surface area contributed by atoms with Crippen molar-refractivity contribution < 1.29 is 5.11 Å². The summed E-state index contributed by atoms with van der Waals surface area (Å²) in [6.45, 7) is 3.48. The van der Waals surface area contributed by atoms with E-state index in [4.69, 9.17) is 6.42 Å². The van der Waals surface area contributed by atoms with Gasteiger partial charge in [-0.25, -0.2) is 0 Å². The monoisotopic (exact) mass is 161 g/mol. The molecule has 0 aliphatic carbocycles. The van der Waals surface area contributed by atoms with Crippen molar-refractivity contribution in [1.82, 2.24) is 4.98 Å². The minimum absolute atomic E-state index is 0.657. The SMILES string of the molecule is C#CC(C)(O)c1cncc(C)c1. The van der Waals surface area contributed by atoms with Crippen molar-refractivity contribution in [3.8, 4) is 12.3 Å². The molecule has 1 rings (SSSR count). The van der Waals surface area contributed by atoms with E-state index in [1.807, 2.05) is 13.0 Å². The Morgan fingerprint density at radius 2 is 2.25 bits per heavy atom.